The van der Waals surface area contributed by atoms with Gasteiger partial charge in [-0.2, -0.15) is 5.10 Å². The van der Waals surface area contributed by atoms with E-state index in [4.69, 9.17) is 5.73 Å². The molecule has 0 saturated carbocycles. The molecule has 3 nitrogen and oxygen atoms in total. The van der Waals surface area contributed by atoms with Crippen molar-refractivity contribution >= 4 is 6.21 Å². The number of nitrogens with one attached hydrogen (secondary N) is 1. The van der Waals surface area contributed by atoms with Crippen LogP contribution in [0.15, 0.2) is 40.3 Å². The van der Waals surface area contributed by atoms with Crippen LogP contribution in [0.4, 0.5) is 0 Å². The maximum absolute atomic E-state index is 5.64. The third kappa shape index (κ3) is 1.17. The van der Waals surface area contributed by atoms with Gasteiger partial charge in [-0.05, 0) is 23.8 Å². The lowest BCUT2D eigenvalue weighted by Crippen LogP contribution is -2.11. The van der Waals surface area contributed by atoms with E-state index in [1.807, 2.05) is 18.2 Å². The first-order valence-corrected chi connectivity index (χ1v) is 3.50. The van der Waals surface area contributed by atoms with Crippen LogP contribution >= 0.6 is 0 Å². The van der Waals surface area contributed by atoms with E-state index in [1.54, 1.807) is 6.21 Å². The number of hydrazone groups is 1. The predicted octanol–water partition coefficient (Wildman–Crippen LogP) is 0.632. The van der Waals surface area contributed by atoms with E-state index < -0.39 is 0 Å². The van der Waals surface area contributed by atoms with Gasteiger partial charge < -0.3 is 5.73 Å². The van der Waals surface area contributed by atoms with Crippen LogP contribution < -0.4 is 11.2 Å². The molecule has 2 aliphatic rings. The second-order valence-electron chi connectivity index (χ2n) is 2.62. The van der Waals surface area contributed by atoms with Crippen LogP contribution in [0.1, 0.15) is 6.42 Å². The number of nitrogens with two attached hydrogens (primary N) is 1. The highest BCUT2D eigenvalue weighted by Crippen LogP contribution is 2.15. The molecule has 3 N–H and O–H groups in total. The molecule has 0 atom stereocenters. The Morgan fingerprint density at radius 2 is 2.36 bits per heavy atom. The zero-order valence-corrected chi connectivity index (χ0v) is 6.04. The normalized spacial score (nSPS) is 20.9. The van der Waals surface area contributed by atoms with Crippen LogP contribution in [0.2, 0.25) is 0 Å². The average molecular weight is 147 g/mol. The Morgan fingerprint density at radius 3 is 3.27 bits per heavy atom. The van der Waals surface area contributed by atoms with Gasteiger partial charge in [-0.25, -0.2) is 0 Å². The predicted molar refractivity (Wildman–Crippen MR) is 44.7 cm³/mol. The van der Waals surface area contributed by atoms with Crippen LogP contribution in [-0.2, 0) is 0 Å². The van der Waals surface area contributed by atoms with E-state index in [1.165, 1.54) is 0 Å². The fourth-order valence-corrected chi connectivity index (χ4v) is 1.15. The van der Waals surface area contributed by atoms with Crippen molar-refractivity contribution in [1.82, 2.24) is 5.43 Å². The molecular weight excluding hydrogens is 138 g/mol. The first-order chi connectivity index (χ1) is 5.34. The summed E-state index contributed by atoms with van der Waals surface area (Å²) in [6.07, 6.45) is 8.47. The Hall–Kier alpha value is -1.51. The van der Waals surface area contributed by atoms with E-state index in [0.29, 0.717) is 0 Å². The molecule has 0 spiro atoms. The van der Waals surface area contributed by atoms with Gasteiger partial charge >= 0.3 is 0 Å². The van der Waals surface area contributed by atoms with Crippen molar-refractivity contribution in [3.8, 4) is 0 Å². The number of hydrogen-bond donors (Lipinski definition) is 2. The van der Waals surface area contributed by atoms with Crippen molar-refractivity contribution in [2.45, 2.75) is 6.42 Å². The van der Waals surface area contributed by atoms with Crippen LogP contribution in [-0.4, -0.2) is 6.21 Å². The van der Waals surface area contributed by atoms with E-state index in [0.717, 1.165) is 23.4 Å². The summed E-state index contributed by atoms with van der Waals surface area (Å²) in [4.78, 5) is 0. The minimum atomic E-state index is 0.783. The fourth-order valence-electron chi connectivity index (χ4n) is 1.15. The Morgan fingerprint density at radius 1 is 1.45 bits per heavy atom. The number of nitrogens with zero attached hydrogens (tertiary/aromatic N) is 1. The number of allylic oxidation sites excluding steroid dienone is 4. The molecule has 0 aromatic heterocycles. The van der Waals surface area contributed by atoms with Gasteiger partial charge in [0, 0.05) is 17.8 Å². The Bertz CT molecular complexity index is 294. The minimum Gasteiger partial charge on any atom is -0.399 e. The topological polar surface area (TPSA) is 50.4 Å². The standard InChI is InChI=1S/C8H9N3/c9-7-1-2-8-4-6(3-7)5-10-11-8/h1-3,5,11H,4,9H2. The summed E-state index contributed by atoms with van der Waals surface area (Å²) in [7, 11) is 0. The second-order valence-corrected chi connectivity index (χ2v) is 2.62. The lowest BCUT2D eigenvalue weighted by Gasteiger charge is -2.10. The van der Waals surface area contributed by atoms with Crippen molar-refractivity contribution in [3.05, 3.63) is 35.2 Å². The number of fused-ring (bicyclic) bond motifs is 2. The molecule has 0 unspecified atom stereocenters. The van der Waals surface area contributed by atoms with Gasteiger partial charge in [-0.15, -0.1) is 0 Å². The maximum Gasteiger partial charge on any atom is 0.0508 e. The lowest BCUT2D eigenvalue weighted by atomic mass is 10.1. The molecule has 0 amide bonds. The summed E-state index contributed by atoms with van der Waals surface area (Å²) in [6.45, 7) is 0. The summed E-state index contributed by atoms with van der Waals surface area (Å²) >= 11 is 0. The van der Waals surface area contributed by atoms with Gasteiger partial charge in [0.2, 0.25) is 0 Å². The fraction of sp³-hybridized carbons (Fsp3) is 0.125. The second kappa shape index (κ2) is 2.27. The van der Waals surface area contributed by atoms with Gasteiger partial charge in [-0.1, -0.05) is 0 Å². The molecule has 0 aromatic rings. The summed E-state index contributed by atoms with van der Waals surface area (Å²) in [5.41, 5.74) is 11.6. The molecule has 2 rings (SSSR count). The Kier molecular flexibility index (Phi) is 1.28. The molecule has 2 bridgehead atoms. The highest BCUT2D eigenvalue weighted by molar-refractivity contribution is 5.81. The molecule has 11 heavy (non-hydrogen) atoms. The molecule has 56 valence electrons. The molecule has 0 fully saturated rings. The molecule has 0 radical (unpaired) electrons. The monoisotopic (exact) mass is 147 g/mol. The molecule has 1 aliphatic heterocycles. The molecule has 1 aliphatic carbocycles. The van der Waals surface area contributed by atoms with Crippen molar-refractivity contribution < 1.29 is 0 Å². The Balaban J connectivity index is 2.46. The van der Waals surface area contributed by atoms with E-state index in [2.05, 4.69) is 10.5 Å². The van der Waals surface area contributed by atoms with Gasteiger partial charge in [0.15, 0.2) is 0 Å². The van der Waals surface area contributed by atoms with Gasteiger partial charge in [0.05, 0.1) is 6.21 Å². The number of rotatable bonds is 0. The van der Waals surface area contributed by atoms with Crippen LogP contribution in [0.5, 0.6) is 0 Å². The summed E-state index contributed by atoms with van der Waals surface area (Å²) < 4.78 is 0. The highest BCUT2D eigenvalue weighted by Gasteiger charge is 2.07. The first-order valence-electron chi connectivity index (χ1n) is 3.50. The zero-order chi connectivity index (χ0) is 7.68. The molecule has 0 saturated heterocycles. The summed E-state index contributed by atoms with van der Waals surface area (Å²) in [6, 6.07) is 0. The van der Waals surface area contributed by atoms with Crippen molar-refractivity contribution in [1.29, 1.82) is 0 Å². The lowest BCUT2D eigenvalue weighted by molar-refractivity contribution is 0.831. The average Bonchev–Trinajstić information content (AvgIpc) is 2.12. The van der Waals surface area contributed by atoms with Gasteiger partial charge in [0.25, 0.3) is 0 Å². The van der Waals surface area contributed by atoms with Crippen molar-refractivity contribution in [2.24, 2.45) is 10.8 Å². The van der Waals surface area contributed by atoms with Crippen LogP contribution in [0.3, 0.4) is 0 Å². The van der Waals surface area contributed by atoms with Gasteiger partial charge in [-0.3, -0.25) is 5.43 Å². The third-order valence-electron chi connectivity index (χ3n) is 1.66. The summed E-state index contributed by atoms with van der Waals surface area (Å²) in [5, 5.41) is 3.96. The third-order valence-corrected chi connectivity index (χ3v) is 1.66. The van der Waals surface area contributed by atoms with E-state index >= 15 is 0 Å². The molecule has 1 heterocycles. The summed E-state index contributed by atoms with van der Waals surface area (Å²) in [5.74, 6) is 0. The van der Waals surface area contributed by atoms with Crippen LogP contribution in [0.25, 0.3) is 0 Å². The smallest absolute Gasteiger partial charge is 0.0508 e. The van der Waals surface area contributed by atoms with Crippen molar-refractivity contribution in [2.75, 3.05) is 0 Å². The molecule has 0 aromatic carbocycles. The Labute approximate surface area is 65.0 Å². The first kappa shape index (κ1) is 6.22. The maximum atomic E-state index is 5.64. The van der Waals surface area contributed by atoms with Gasteiger partial charge in [0.1, 0.15) is 0 Å². The SMILES string of the molecule is NC1=CC=C2CC(=C1)C=NN2. The van der Waals surface area contributed by atoms with Crippen molar-refractivity contribution in [3.63, 3.8) is 0 Å². The number of hydrogen-bond acceptors (Lipinski definition) is 3. The largest absolute Gasteiger partial charge is 0.399 e. The van der Waals surface area contributed by atoms with E-state index in [9.17, 15) is 0 Å². The van der Waals surface area contributed by atoms with Crippen LogP contribution in [0, 0.1) is 0 Å². The quantitative estimate of drug-likeness (QED) is 0.528. The molecular formula is C8H9N3. The van der Waals surface area contributed by atoms with E-state index in [-0.39, 0.29) is 0 Å². The molecule has 3 heteroatoms. The zero-order valence-electron chi connectivity index (χ0n) is 6.04. The highest BCUT2D eigenvalue weighted by atomic mass is 15.3. The minimum absolute atomic E-state index is 0.783.